The molecule has 0 bridgehead atoms. The van der Waals surface area contributed by atoms with E-state index in [0.29, 0.717) is 11.5 Å². The lowest BCUT2D eigenvalue weighted by Gasteiger charge is -2.09. The number of carbonyl (C=O) groups is 1. The van der Waals surface area contributed by atoms with Crippen molar-refractivity contribution in [2.24, 2.45) is 5.73 Å². The lowest BCUT2D eigenvalue weighted by atomic mass is 10.0. The first kappa shape index (κ1) is 10.7. The van der Waals surface area contributed by atoms with Crippen molar-refractivity contribution in [3.05, 3.63) is 29.6 Å². The van der Waals surface area contributed by atoms with Gasteiger partial charge in [0.1, 0.15) is 0 Å². The normalized spacial score (nSPS) is 12.4. The van der Waals surface area contributed by atoms with Gasteiger partial charge in [-0.2, -0.15) is 0 Å². The highest BCUT2D eigenvalue weighted by Crippen LogP contribution is 2.18. The molecular weight excluding hydrogens is 176 g/mol. The summed E-state index contributed by atoms with van der Waals surface area (Å²) in [5.41, 5.74) is 6.68. The summed E-state index contributed by atoms with van der Waals surface area (Å²) in [6, 6.07) is 3.42. The fraction of sp³-hybridized carbons (Fsp3) is 0.455. The standard InChI is InChI=1S/C11H16N2O/c1-3-4-8(2)10-7-9(11(12)14)5-6-13-10/h5-8H,3-4H2,1-2H3,(H2,12,14). The van der Waals surface area contributed by atoms with Gasteiger partial charge in [0.25, 0.3) is 0 Å². The maximum atomic E-state index is 10.9. The summed E-state index contributed by atoms with van der Waals surface area (Å²) in [6.07, 6.45) is 3.83. The van der Waals surface area contributed by atoms with E-state index in [2.05, 4.69) is 18.8 Å². The first-order valence-corrected chi connectivity index (χ1v) is 4.91. The van der Waals surface area contributed by atoms with Crippen LogP contribution < -0.4 is 5.73 Å². The van der Waals surface area contributed by atoms with Crippen LogP contribution in [0.2, 0.25) is 0 Å². The Hall–Kier alpha value is -1.38. The van der Waals surface area contributed by atoms with Crippen molar-refractivity contribution in [3.8, 4) is 0 Å². The third-order valence-electron chi connectivity index (χ3n) is 2.29. The van der Waals surface area contributed by atoms with Gasteiger partial charge in [0, 0.05) is 17.5 Å². The monoisotopic (exact) mass is 192 g/mol. The highest BCUT2D eigenvalue weighted by atomic mass is 16.1. The maximum absolute atomic E-state index is 10.9. The molecule has 0 spiro atoms. The molecule has 0 fully saturated rings. The Morgan fingerprint density at radius 3 is 2.93 bits per heavy atom. The molecule has 3 nitrogen and oxygen atoms in total. The van der Waals surface area contributed by atoms with Crippen molar-refractivity contribution in [2.45, 2.75) is 32.6 Å². The number of hydrogen-bond acceptors (Lipinski definition) is 2. The van der Waals surface area contributed by atoms with E-state index < -0.39 is 5.91 Å². The van der Waals surface area contributed by atoms with E-state index in [0.717, 1.165) is 18.5 Å². The Morgan fingerprint density at radius 1 is 1.64 bits per heavy atom. The largest absolute Gasteiger partial charge is 0.366 e. The first-order valence-electron chi connectivity index (χ1n) is 4.91. The zero-order valence-corrected chi connectivity index (χ0v) is 8.66. The average Bonchev–Trinajstić information content (AvgIpc) is 2.18. The van der Waals surface area contributed by atoms with Crippen molar-refractivity contribution < 1.29 is 4.79 Å². The van der Waals surface area contributed by atoms with Gasteiger partial charge in [0.15, 0.2) is 0 Å². The second-order valence-electron chi connectivity index (χ2n) is 3.52. The number of primary amides is 1. The summed E-state index contributed by atoms with van der Waals surface area (Å²) in [4.78, 5) is 15.2. The van der Waals surface area contributed by atoms with Crippen LogP contribution in [0.4, 0.5) is 0 Å². The minimum atomic E-state index is -0.391. The predicted octanol–water partition coefficient (Wildman–Crippen LogP) is 2.08. The van der Waals surface area contributed by atoms with Crippen LogP contribution in [-0.2, 0) is 0 Å². The van der Waals surface area contributed by atoms with Crippen molar-refractivity contribution in [2.75, 3.05) is 0 Å². The number of pyridine rings is 1. The molecule has 1 aromatic heterocycles. The number of nitrogens with two attached hydrogens (primary N) is 1. The molecule has 3 heteroatoms. The topological polar surface area (TPSA) is 56.0 Å². The third-order valence-corrected chi connectivity index (χ3v) is 2.29. The molecule has 76 valence electrons. The minimum Gasteiger partial charge on any atom is -0.366 e. The molecule has 0 radical (unpaired) electrons. The van der Waals surface area contributed by atoms with E-state index in [1.54, 1.807) is 18.3 Å². The molecule has 0 aliphatic carbocycles. The van der Waals surface area contributed by atoms with Gasteiger partial charge >= 0.3 is 0 Å². The Bertz CT molecular complexity index is 323. The zero-order chi connectivity index (χ0) is 10.6. The molecule has 0 aliphatic rings. The van der Waals surface area contributed by atoms with Crippen LogP contribution >= 0.6 is 0 Å². The molecule has 14 heavy (non-hydrogen) atoms. The van der Waals surface area contributed by atoms with Gasteiger partial charge in [-0.25, -0.2) is 0 Å². The number of hydrogen-bond donors (Lipinski definition) is 1. The van der Waals surface area contributed by atoms with Crippen LogP contribution in [0.3, 0.4) is 0 Å². The molecule has 1 amide bonds. The molecule has 1 unspecified atom stereocenters. The van der Waals surface area contributed by atoms with Crippen LogP contribution in [0.25, 0.3) is 0 Å². The highest BCUT2D eigenvalue weighted by Gasteiger charge is 2.08. The summed E-state index contributed by atoms with van der Waals surface area (Å²) < 4.78 is 0. The third kappa shape index (κ3) is 2.55. The van der Waals surface area contributed by atoms with Crippen molar-refractivity contribution in [1.29, 1.82) is 0 Å². The Labute approximate surface area is 84.3 Å². The van der Waals surface area contributed by atoms with Gasteiger partial charge in [0.2, 0.25) is 5.91 Å². The van der Waals surface area contributed by atoms with E-state index in [1.807, 2.05) is 0 Å². The van der Waals surface area contributed by atoms with E-state index in [1.165, 1.54) is 0 Å². The molecule has 1 heterocycles. The lowest BCUT2D eigenvalue weighted by Crippen LogP contribution is -2.12. The Morgan fingerprint density at radius 2 is 2.36 bits per heavy atom. The second kappa shape index (κ2) is 4.74. The van der Waals surface area contributed by atoms with Crippen molar-refractivity contribution >= 4 is 5.91 Å². The Balaban J connectivity index is 2.87. The highest BCUT2D eigenvalue weighted by molar-refractivity contribution is 5.92. The fourth-order valence-electron chi connectivity index (χ4n) is 1.45. The quantitative estimate of drug-likeness (QED) is 0.794. The van der Waals surface area contributed by atoms with Gasteiger partial charge in [-0.1, -0.05) is 20.3 Å². The van der Waals surface area contributed by atoms with Gasteiger partial charge < -0.3 is 5.73 Å². The van der Waals surface area contributed by atoms with Gasteiger partial charge in [0.05, 0.1) is 0 Å². The number of nitrogens with zero attached hydrogens (tertiary/aromatic N) is 1. The van der Waals surface area contributed by atoms with E-state index in [4.69, 9.17) is 5.73 Å². The summed E-state index contributed by atoms with van der Waals surface area (Å²) in [7, 11) is 0. The predicted molar refractivity (Wildman–Crippen MR) is 56.1 cm³/mol. The van der Waals surface area contributed by atoms with E-state index in [9.17, 15) is 4.79 Å². The zero-order valence-electron chi connectivity index (χ0n) is 8.66. The summed E-state index contributed by atoms with van der Waals surface area (Å²) in [5, 5.41) is 0. The molecule has 1 atom stereocenters. The summed E-state index contributed by atoms with van der Waals surface area (Å²) >= 11 is 0. The van der Waals surface area contributed by atoms with E-state index in [-0.39, 0.29) is 0 Å². The van der Waals surface area contributed by atoms with Crippen LogP contribution in [0.15, 0.2) is 18.3 Å². The van der Waals surface area contributed by atoms with Crippen LogP contribution in [0.1, 0.15) is 48.7 Å². The second-order valence-corrected chi connectivity index (χ2v) is 3.52. The SMILES string of the molecule is CCCC(C)c1cc(C(N)=O)ccn1. The first-order chi connectivity index (χ1) is 6.65. The number of amides is 1. The van der Waals surface area contributed by atoms with Crippen LogP contribution in [-0.4, -0.2) is 10.9 Å². The molecule has 2 N–H and O–H groups in total. The average molecular weight is 192 g/mol. The maximum Gasteiger partial charge on any atom is 0.248 e. The molecule has 1 aromatic rings. The minimum absolute atomic E-state index is 0.388. The number of rotatable bonds is 4. The van der Waals surface area contributed by atoms with E-state index >= 15 is 0 Å². The van der Waals surface area contributed by atoms with Crippen LogP contribution in [0, 0.1) is 0 Å². The van der Waals surface area contributed by atoms with Crippen molar-refractivity contribution in [1.82, 2.24) is 4.98 Å². The molecule has 1 rings (SSSR count). The fourth-order valence-corrected chi connectivity index (χ4v) is 1.45. The van der Waals surface area contributed by atoms with Crippen molar-refractivity contribution in [3.63, 3.8) is 0 Å². The van der Waals surface area contributed by atoms with Gasteiger partial charge in [-0.05, 0) is 24.5 Å². The van der Waals surface area contributed by atoms with Gasteiger partial charge in [-0.3, -0.25) is 9.78 Å². The Kier molecular flexibility index (Phi) is 3.63. The molecule has 0 aliphatic heterocycles. The molecule has 0 aromatic carbocycles. The molecule has 0 saturated heterocycles. The molecular formula is C11H16N2O. The smallest absolute Gasteiger partial charge is 0.248 e. The molecule has 0 saturated carbocycles. The summed E-state index contributed by atoms with van der Waals surface area (Å²) in [6.45, 7) is 4.24. The number of aromatic nitrogens is 1. The van der Waals surface area contributed by atoms with Gasteiger partial charge in [-0.15, -0.1) is 0 Å². The van der Waals surface area contributed by atoms with Crippen LogP contribution in [0.5, 0.6) is 0 Å². The number of carbonyl (C=O) groups excluding carboxylic acids is 1. The summed E-state index contributed by atoms with van der Waals surface area (Å²) in [5.74, 6) is -0.00310. The lowest BCUT2D eigenvalue weighted by molar-refractivity contribution is 0.1000.